The van der Waals surface area contributed by atoms with E-state index in [0.717, 1.165) is 37.2 Å². The Morgan fingerprint density at radius 1 is 1.11 bits per heavy atom. The van der Waals surface area contributed by atoms with Crippen molar-refractivity contribution in [3.05, 3.63) is 59.1 Å². The number of piperidine rings is 1. The summed E-state index contributed by atoms with van der Waals surface area (Å²) in [5, 5.41) is 12.2. The van der Waals surface area contributed by atoms with Crippen LogP contribution < -0.4 is 21.3 Å². The van der Waals surface area contributed by atoms with Gasteiger partial charge in [-0.3, -0.25) is 4.79 Å². The van der Waals surface area contributed by atoms with Gasteiger partial charge in [-0.25, -0.2) is 4.79 Å². The lowest BCUT2D eigenvalue weighted by Crippen LogP contribution is -2.37. The Kier molecular flexibility index (Phi) is 8.57. The second kappa shape index (κ2) is 10.9. The number of halogens is 2. The number of hydrogen-bond donors (Lipinski definition) is 4. The molecule has 0 spiro atoms. The molecule has 4 N–H and O–H groups in total. The molecule has 6 nitrogen and oxygen atoms in total. The Bertz CT molecular complexity index is 810. The van der Waals surface area contributed by atoms with Crippen LogP contribution in [-0.2, 0) is 11.3 Å². The molecule has 2 aromatic rings. The first kappa shape index (κ1) is 22.0. The first-order valence-electron chi connectivity index (χ1n) is 9.02. The van der Waals surface area contributed by atoms with Crippen molar-refractivity contribution in [1.29, 1.82) is 0 Å². The summed E-state index contributed by atoms with van der Waals surface area (Å²) in [5.41, 5.74) is 2.18. The molecule has 1 atom stereocenters. The van der Waals surface area contributed by atoms with Crippen LogP contribution in [0.5, 0.6) is 0 Å². The Labute approximate surface area is 175 Å². The number of benzene rings is 2. The number of para-hydroxylation sites is 1. The molecular formula is C20H24Cl2N4O2. The molecule has 3 rings (SSSR count). The standard InChI is InChI=1S/C20H23ClN4O2.ClH/c21-17-8-1-2-9-18(17)25-20(27)23-12-14-5-3-7-16(11-14)24-19(26)15-6-4-10-22-13-15;/h1-3,5,7-9,11,15,22H,4,6,10,12-13H2,(H,24,26)(H2,23,25,27);1H. The average molecular weight is 423 g/mol. The first-order valence-corrected chi connectivity index (χ1v) is 9.39. The number of carbonyl (C=O) groups excluding carboxylic acids is 2. The highest BCUT2D eigenvalue weighted by Gasteiger charge is 2.20. The summed E-state index contributed by atoms with van der Waals surface area (Å²) in [6, 6.07) is 14.2. The van der Waals surface area contributed by atoms with Gasteiger partial charge in [0.25, 0.3) is 0 Å². The van der Waals surface area contributed by atoms with E-state index in [9.17, 15) is 9.59 Å². The molecule has 1 aliphatic heterocycles. The van der Waals surface area contributed by atoms with Crippen LogP contribution in [0, 0.1) is 5.92 Å². The van der Waals surface area contributed by atoms with Gasteiger partial charge in [-0.05, 0) is 49.2 Å². The van der Waals surface area contributed by atoms with E-state index in [2.05, 4.69) is 21.3 Å². The maximum absolute atomic E-state index is 12.3. The normalized spacial score (nSPS) is 15.8. The van der Waals surface area contributed by atoms with E-state index in [1.165, 1.54) is 0 Å². The lowest BCUT2D eigenvalue weighted by atomic mass is 9.99. The van der Waals surface area contributed by atoms with Crippen LogP contribution in [0.25, 0.3) is 0 Å². The Hall–Kier alpha value is -2.28. The van der Waals surface area contributed by atoms with Gasteiger partial charge in [0, 0.05) is 18.8 Å². The predicted octanol–water partition coefficient (Wildman–Crippen LogP) is 4.02. The smallest absolute Gasteiger partial charge is 0.319 e. The largest absolute Gasteiger partial charge is 0.334 e. The van der Waals surface area contributed by atoms with Crippen molar-refractivity contribution < 1.29 is 9.59 Å². The van der Waals surface area contributed by atoms with Crippen molar-refractivity contribution in [2.75, 3.05) is 23.7 Å². The van der Waals surface area contributed by atoms with E-state index >= 15 is 0 Å². The lowest BCUT2D eigenvalue weighted by molar-refractivity contribution is -0.120. The van der Waals surface area contributed by atoms with Crippen LogP contribution in [0.15, 0.2) is 48.5 Å². The van der Waals surface area contributed by atoms with Crippen molar-refractivity contribution in [2.45, 2.75) is 19.4 Å². The molecule has 1 unspecified atom stereocenters. The van der Waals surface area contributed by atoms with Gasteiger partial charge in [-0.15, -0.1) is 12.4 Å². The molecule has 3 amide bonds. The Morgan fingerprint density at radius 3 is 2.68 bits per heavy atom. The van der Waals surface area contributed by atoms with Crippen molar-refractivity contribution in [1.82, 2.24) is 10.6 Å². The monoisotopic (exact) mass is 422 g/mol. The van der Waals surface area contributed by atoms with E-state index in [-0.39, 0.29) is 30.3 Å². The van der Waals surface area contributed by atoms with Crippen LogP contribution in [0.2, 0.25) is 5.02 Å². The van der Waals surface area contributed by atoms with Crippen LogP contribution in [0.3, 0.4) is 0 Å². The summed E-state index contributed by atoms with van der Waals surface area (Å²) < 4.78 is 0. The van der Waals surface area contributed by atoms with Gasteiger partial charge < -0.3 is 21.3 Å². The minimum Gasteiger partial charge on any atom is -0.334 e. The van der Waals surface area contributed by atoms with E-state index < -0.39 is 0 Å². The molecule has 0 aromatic heterocycles. The zero-order chi connectivity index (χ0) is 19.1. The van der Waals surface area contributed by atoms with Gasteiger partial charge in [0.1, 0.15) is 0 Å². The number of hydrogen-bond acceptors (Lipinski definition) is 3. The average Bonchev–Trinajstić information content (AvgIpc) is 2.69. The van der Waals surface area contributed by atoms with Gasteiger partial charge >= 0.3 is 6.03 Å². The number of anilines is 2. The number of amides is 3. The second-order valence-electron chi connectivity index (χ2n) is 6.52. The molecule has 0 saturated carbocycles. The summed E-state index contributed by atoms with van der Waals surface area (Å²) in [7, 11) is 0. The van der Waals surface area contributed by atoms with E-state index in [1.807, 2.05) is 24.3 Å². The maximum atomic E-state index is 12.3. The van der Waals surface area contributed by atoms with Crippen molar-refractivity contribution in [3.8, 4) is 0 Å². The summed E-state index contributed by atoms with van der Waals surface area (Å²) >= 11 is 6.03. The van der Waals surface area contributed by atoms with E-state index in [0.29, 0.717) is 17.3 Å². The Balaban J connectivity index is 0.00000280. The summed E-state index contributed by atoms with van der Waals surface area (Å²) in [4.78, 5) is 24.4. The molecule has 1 saturated heterocycles. The molecule has 0 radical (unpaired) electrons. The SMILES string of the molecule is Cl.O=C(NCc1cccc(NC(=O)C2CCCNC2)c1)Nc1ccccc1Cl. The molecule has 2 aromatic carbocycles. The molecule has 1 fully saturated rings. The summed E-state index contributed by atoms with van der Waals surface area (Å²) in [6.07, 6.45) is 1.92. The molecule has 0 aliphatic carbocycles. The third-order valence-corrected chi connectivity index (χ3v) is 4.77. The number of urea groups is 1. The molecule has 150 valence electrons. The van der Waals surface area contributed by atoms with E-state index in [4.69, 9.17) is 11.6 Å². The quantitative estimate of drug-likeness (QED) is 0.586. The second-order valence-corrected chi connectivity index (χ2v) is 6.93. The van der Waals surface area contributed by atoms with Gasteiger partial charge in [0.05, 0.1) is 16.6 Å². The fourth-order valence-corrected chi connectivity index (χ4v) is 3.17. The summed E-state index contributed by atoms with van der Waals surface area (Å²) in [5.74, 6) is 0.0331. The summed E-state index contributed by atoms with van der Waals surface area (Å²) in [6.45, 7) is 2.03. The Morgan fingerprint density at radius 2 is 1.93 bits per heavy atom. The van der Waals surface area contributed by atoms with Crippen molar-refractivity contribution in [2.24, 2.45) is 5.92 Å². The molecule has 1 heterocycles. The van der Waals surface area contributed by atoms with Crippen LogP contribution in [0.1, 0.15) is 18.4 Å². The highest BCUT2D eigenvalue weighted by Crippen LogP contribution is 2.20. The number of carbonyl (C=O) groups is 2. The van der Waals surface area contributed by atoms with Gasteiger partial charge in [0.2, 0.25) is 5.91 Å². The highest BCUT2D eigenvalue weighted by molar-refractivity contribution is 6.33. The minimum atomic E-state index is -0.342. The van der Waals surface area contributed by atoms with Crippen LogP contribution in [0.4, 0.5) is 16.2 Å². The van der Waals surface area contributed by atoms with Crippen molar-refractivity contribution in [3.63, 3.8) is 0 Å². The minimum absolute atomic E-state index is 0. The third kappa shape index (κ3) is 6.41. The topological polar surface area (TPSA) is 82.3 Å². The van der Waals surface area contributed by atoms with Crippen molar-refractivity contribution >= 4 is 47.3 Å². The molecular weight excluding hydrogens is 399 g/mol. The highest BCUT2D eigenvalue weighted by atomic mass is 35.5. The lowest BCUT2D eigenvalue weighted by Gasteiger charge is -2.22. The van der Waals surface area contributed by atoms with Gasteiger partial charge in [-0.1, -0.05) is 35.9 Å². The van der Waals surface area contributed by atoms with E-state index in [1.54, 1.807) is 24.3 Å². The fraction of sp³-hybridized carbons (Fsp3) is 0.300. The third-order valence-electron chi connectivity index (χ3n) is 4.44. The zero-order valence-electron chi connectivity index (χ0n) is 15.3. The molecule has 0 bridgehead atoms. The molecule has 28 heavy (non-hydrogen) atoms. The zero-order valence-corrected chi connectivity index (χ0v) is 16.9. The van der Waals surface area contributed by atoms with Crippen LogP contribution >= 0.6 is 24.0 Å². The van der Waals surface area contributed by atoms with Gasteiger partial charge in [-0.2, -0.15) is 0 Å². The van der Waals surface area contributed by atoms with Crippen LogP contribution in [-0.4, -0.2) is 25.0 Å². The molecule has 8 heteroatoms. The predicted molar refractivity (Wildman–Crippen MR) is 115 cm³/mol. The maximum Gasteiger partial charge on any atom is 0.319 e. The number of nitrogens with one attached hydrogen (secondary N) is 4. The fourth-order valence-electron chi connectivity index (χ4n) is 2.99. The first-order chi connectivity index (χ1) is 13.1. The molecule has 1 aliphatic rings. The number of rotatable bonds is 5. The van der Waals surface area contributed by atoms with Gasteiger partial charge in [0.15, 0.2) is 0 Å².